The number of hydrogen-bond donors (Lipinski definition) is 0. The normalized spacial score (nSPS) is 10.6. The zero-order valence-electron chi connectivity index (χ0n) is 10.2. The van der Waals surface area contributed by atoms with Crippen molar-refractivity contribution in [2.24, 2.45) is 0 Å². The van der Waals surface area contributed by atoms with Gasteiger partial charge in [0.1, 0.15) is 5.76 Å². The summed E-state index contributed by atoms with van der Waals surface area (Å²) in [5.41, 5.74) is 1.52. The Morgan fingerprint density at radius 3 is 2.68 bits per heavy atom. The molecule has 0 N–H and O–H groups in total. The predicted octanol–water partition coefficient (Wildman–Crippen LogP) is 3.34. The smallest absolute Gasteiger partial charge is 0.221 e. The molecule has 0 radical (unpaired) electrons. The lowest BCUT2D eigenvalue weighted by Crippen LogP contribution is -1.99. The summed E-state index contributed by atoms with van der Waals surface area (Å²) in [4.78, 5) is 17.3. The summed E-state index contributed by atoms with van der Waals surface area (Å²) >= 11 is 1.35. The van der Waals surface area contributed by atoms with Crippen LogP contribution in [0.25, 0.3) is 10.4 Å². The topological polar surface area (TPSA) is 56.0 Å². The van der Waals surface area contributed by atoms with E-state index < -0.39 is 0 Å². The van der Waals surface area contributed by atoms with Crippen LogP contribution in [0.1, 0.15) is 21.1 Å². The van der Waals surface area contributed by atoms with Crippen LogP contribution in [0.5, 0.6) is 0 Å². The number of rotatable bonds is 3. The van der Waals surface area contributed by atoms with E-state index >= 15 is 0 Å². The van der Waals surface area contributed by atoms with E-state index in [0.29, 0.717) is 10.6 Å². The predicted molar refractivity (Wildman–Crippen MR) is 72.2 cm³/mol. The first-order valence-corrected chi connectivity index (χ1v) is 6.54. The minimum absolute atomic E-state index is 0.0639. The molecule has 1 aromatic carbocycles. The Hall–Kier alpha value is -2.27. The van der Waals surface area contributed by atoms with Crippen LogP contribution < -0.4 is 0 Å². The number of aromatic nitrogens is 2. The second kappa shape index (κ2) is 4.78. The first-order valence-electron chi connectivity index (χ1n) is 5.73. The van der Waals surface area contributed by atoms with E-state index in [1.54, 1.807) is 24.5 Å². The highest BCUT2D eigenvalue weighted by Crippen LogP contribution is 2.29. The number of aryl methyl sites for hydroxylation is 1. The van der Waals surface area contributed by atoms with Gasteiger partial charge in [-0.3, -0.25) is 4.79 Å². The van der Waals surface area contributed by atoms with Crippen LogP contribution in [-0.2, 0) is 0 Å². The molecule has 0 saturated carbocycles. The van der Waals surface area contributed by atoms with E-state index in [4.69, 9.17) is 4.52 Å². The molecule has 0 aliphatic rings. The third-order valence-corrected chi connectivity index (χ3v) is 3.78. The van der Waals surface area contributed by atoms with E-state index in [2.05, 4.69) is 10.1 Å². The van der Waals surface area contributed by atoms with Gasteiger partial charge in [0.25, 0.3) is 0 Å². The van der Waals surface area contributed by atoms with Crippen LogP contribution in [0.4, 0.5) is 0 Å². The number of carbonyl (C=O) groups excluding carboxylic acids is 1. The van der Waals surface area contributed by atoms with Gasteiger partial charge in [-0.05, 0) is 6.92 Å². The molecule has 0 aliphatic carbocycles. The number of hydrogen-bond acceptors (Lipinski definition) is 5. The Balaban J connectivity index is 1.94. The van der Waals surface area contributed by atoms with Gasteiger partial charge < -0.3 is 4.52 Å². The minimum Gasteiger partial charge on any atom is -0.361 e. The zero-order valence-corrected chi connectivity index (χ0v) is 11.0. The molecular weight excluding hydrogens is 260 g/mol. The highest BCUT2D eigenvalue weighted by Gasteiger charge is 2.16. The Kier molecular flexibility index (Phi) is 2.97. The molecular formula is C14H10N2O2S. The highest BCUT2D eigenvalue weighted by molar-refractivity contribution is 7.17. The van der Waals surface area contributed by atoms with Crippen LogP contribution in [0.15, 0.2) is 47.2 Å². The number of ketones is 1. The second-order valence-electron chi connectivity index (χ2n) is 4.02. The Morgan fingerprint density at radius 2 is 2.00 bits per heavy atom. The maximum atomic E-state index is 12.2. The van der Waals surface area contributed by atoms with Gasteiger partial charge in [-0.1, -0.05) is 35.5 Å². The summed E-state index contributed by atoms with van der Waals surface area (Å²) in [5, 5.41) is 4.20. The van der Waals surface area contributed by atoms with Gasteiger partial charge in [0, 0.05) is 11.8 Å². The van der Waals surface area contributed by atoms with Crippen LogP contribution in [0, 0.1) is 6.92 Å². The molecule has 5 heteroatoms. The van der Waals surface area contributed by atoms with Crippen molar-refractivity contribution < 1.29 is 9.32 Å². The first kappa shape index (κ1) is 11.8. The summed E-state index contributed by atoms with van der Waals surface area (Å²) in [6, 6.07) is 9.13. The fourth-order valence-electron chi connectivity index (χ4n) is 1.75. The Labute approximate surface area is 113 Å². The molecule has 2 aromatic heterocycles. The molecule has 0 amide bonds. The largest absolute Gasteiger partial charge is 0.361 e. The van der Waals surface area contributed by atoms with Gasteiger partial charge in [0.15, 0.2) is 5.01 Å². The molecule has 0 aliphatic heterocycles. The van der Waals surface area contributed by atoms with Gasteiger partial charge >= 0.3 is 0 Å². The summed E-state index contributed by atoms with van der Waals surface area (Å²) in [5.74, 6) is 0.660. The van der Waals surface area contributed by atoms with Crippen molar-refractivity contribution in [2.45, 2.75) is 6.92 Å². The number of nitrogens with zero attached hydrogens (tertiary/aromatic N) is 2. The highest BCUT2D eigenvalue weighted by atomic mass is 32.1. The average Bonchev–Trinajstić information content (AvgIpc) is 3.07. The molecule has 0 saturated heterocycles. The van der Waals surface area contributed by atoms with Crippen LogP contribution in [0.2, 0.25) is 0 Å². The third-order valence-electron chi connectivity index (χ3n) is 2.75. The van der Waals surface area contributed by atoms with Gasteiger partial charge in [-0.2, -0.15) is 0 Å². The fourth-order valence-corrected chi connectivity index (χ4v) is 2.69. The molecule has 4 nitrogen and oxygen atoms in total. The van der Waals surface area contributed by atoms with Crippen LogP contribution in [-0.4, -0.2) is 15.9 Å². The quantitative estimate of drug-likeness (QED) is 0.685. The van der Waals surface area contributed by atoms with Crippen molar-refractivity contribution in [3.05, 3.63) is 59.1 Å². The molecule has 19 heavy (non-hydrogen) atoms. The summed E-state index contributed by atoms with van der Waals surface area (Å²) < 4.78 is 5.02. The van der Waals surface area contributed by atoms with E-state index in [1.165, 1.54) is 11.3 Å². The minimum atomic E-state index is -0.0639. The fraction of sp³-hybridized carbons (Fsp3) is 0.0714. The first-order chi connectivity index (χ1) is 9.25. The molecule has 0 bridgehead atoms. The van der Waals surface area contributed by atoms with Gasteiger partial charge in [0.05, 0.1) is 16.6 Å². The maximum Gasteiger partial charge on any atom is 0.221 e. The van der Waals surface area contributed by atoms with E-state index in [9.17, 15) is 4.79 Å². The number of carbonyl (C=O) groups is 1. The second-order valence-corrected chi connectivity index (χ2v) is 5.05. The molecule has 0 fully saturated rings. The molecule has 94 valence electrons. The van der Waals surface area contributed by atoms with E-state index in [0.717, 1.165) is 16.2 Å². The summed E-state index contributed by atoms with van der Waals surface area (Å²) in [7, 11) is 0. The van der Waals surface area contributed by atoms with Crippen molar-refractivity contribution in [1.29, 1.82) is 0 Å². The van der Waals surface area contributed by atoms with Gasteiger partial charge in [-0.15, -0.1) is 11.3 Å². The van der Waals surface area contributed by atoms with Crippen molar-refractivity contribution >= 4 is 17.1 Å². The van der Waals surface area contributed by atoms with E-state index in [-0.39, 0.29) is 5.78 Å². The van der Waals surface area contributed by atoms with Crippen molar-refractivity contribution in [3.63, 3.8) is 0 Å². The summed E-state index contributed by atoms with van der Waals surface area (Å²) in [6.45, 7) is 1.83. The monoisotopic (exact) mass is 270 g/mol. The molecule has 2 heterocycles. The standard InChI is InChI=1S/C14H10N2O2S/c1-9-11(7-16-18-9)12-8-15-14(19-12)13(17)10-5-3-2-4-6-10/h2-8H,1H3. The average molecular weight is 270 g/mol. The lowest BCUT2D eigenvalue weighted by molar-refractivity contribution is 0.103. The maximum absolute atomic E-state index is 12.2. The number of benzene rings is 1. The van der Waals surface area contributed by atoms with Crippen molar-refractivity contribution in [2.75, 3.05) is 0 Å². The lowest BCUT2D eigenvalue weighted by Gasteiger charge is -1.95. The molecule has 0 spiro atoms. The van der Waals surface area contributed by atoms with Gasteiger partial charge in [-0.25, -0.2) is 4.98 Å². The Bertz CT molecular complexity index is 716. The van der Waals surface area contributed by atoms with Gasteiger partial charge in [0.2, 0.25) is 5.78 Å². The molecule has 0 unspecified atom stereocenters. The molecule has 3 rings (SSSR count). The number of thiazole rings is 1. The zero-order chi connectivity index (χ0) is 13.2. The van der Waals surface area contributed by atoms with Crippen LogP contribution >= 0.6 is 11.3 Å². The lowest BCUT2D eigenvalue weighted by atomic mass is 10.1. The molecule has 0 atom stereocenters. The third kappa shape index (κ3) is 2.20. The Morgan fingerprint density at radius 1 is 1.21 bits per heavy atom. The molecule has 3 aromatic rings. The summed E-state index contributed by atoms with van der Waals surface area (Å²) in [6.07, 6.45) is 3.32. The van der Waals surface area contributed by atoms with Crippen molar-refractivity contribution in [3.8, 4) is 10.4 Å². The van der Waals surface area contributed by atoms with Crippen LogP contribution in [0.3, 0.4) is 0 Å². The SMILES string of the molecule is Cc1oncc1-c1cnc(C(=O)c2ccccc2)s1. The van der Waals surface area contributed by atoms with E-state index in [1.807, 2.05) is 25.1 Å². The van der Waals surface area contributed by atoms with Crippen molar-refractivity contribution in [1.82, 2.24) is 10.1 Å².